The summed E-state index contributed by atoms with van der Waals surface area (Å²) < 4.78 is 5.58. The number of piperidine rings is 1. The first-order chi connectivity index (χ1) is 13.1. The number of likely N-dealkylation sites (tertiary alicyclic amines) is 1. The molecule has 0 saturated carbocycles. The highest BCUT2D eigenvalue weighted by Crippen LogP contribution is 2.20. The minimum atomic E-state index is -0.188. The zero-order valence-electron chi connectivity index (χ0n) is 15.1. The molecule has 0 unspecified atom stereocenters. The lowest BCUT2D eigenvalue weighted by atomic mass is 9.96. The Morgan fingerprint density at radius 3 is 2.63 bits per heavy atom. The van der Waals surface area contributed by atoms with E-state index < -0.39 is 0 Å². The minimum Gasteiger partial charge on any atom is -0.492 e. The van der Waals surface area contributed by atoms with Gasteiger partial charge in [-0.15, -0.1) is 0 Å². The number of hydrogen-bond donors (Lipinski definition) is 1. The maximum Gasteiger partial charge on any atom is 0.225 e. The Morgan fingerprint density at radius 2 is 1.89 bits per heavy atom. The molecule has 0 bridgehead atoms. The number of para-hydroxylation sites is 1. The van der Waals surface area contributed by atoms with Crippen LogP contribution in [0.15, 0.2) is 54.6 Å². The van der Waals surface area contributed by atoms with Gasteiger partial charge >= 0.3 is 0 Å². The topological polar surface area (TPSA) is 58.6 Å². The highest BCUT2D eigenvalue weighted by atomic mass is 35.5. The zero-order valence-corrected chi connectivity index (χ0v) is 15.8. The summed E-state index contributed by atoms with van der Waals surface area (Å²) in [6.45, 7) is 1.79. The number of rotatable bonds is 7. The van der Waals surface area contributed by atoms with Crippen LogP contribution in [0.25, 0.3) is 0 Å². The molecule has 27 heavy (non-hydrogen) atoms. The standard InChI is InChI=1S/C21H23ClN2O3/c22-18-9-6-16(7-10-18)14-24-15-17(8-11-20(24)25)21(26)23-12-13-27-19-4-2-1-3-5-19/h1-7,9-10,17H,8,11-15H2,(H,23,26)/t17-/m0/s1. The molecular formula is C21H23ClN2O3. The third-order valence-corrected chi connectivity index (χ3v) is 4.82. The van der Waals surface area contributed by atoms with Crippen LogP contribution in [0.3, 0.4) is 0 Å². The number of ether oxygens (including phenoxy) is 1. The third kappa shape index (κ3) is 5.73. The highest BCUT2D eigenvalue weighted by Gasteiger charge is 2.30. The van der Waals surface area contributed by atoms with E-state index in [9.17, 15) is 9.59 Å². The van der Waals surface area contributed by atoms with E-state index >= 15 is 0 Å². The molecule has 3 rings (SSSR count). The molecule has 1 aliphatic heterocycles. The van der Waals surface area contributed by atoms with E-state index in [4.69, 9.17) is 16.3 Å². The normalized spacial score (nSPS) is 16.9. The van der Waals surface area contributed by atoms with Crippen LogP contribution in [0.4, 0.5) is 0 Å². The predicted octanol–water partition coefficient (Wildman–Crippen LogP) is 3.27. The molecule has 6 heteroatoms. The van der Waals surface area contributed by atoms with Gasteiger partial charge < -0.3 is 15.0 Å². The van der Waals surface area contributed by atoms with Crippen LogP contribution < -0.4 is 10.1 Å². The second-order valence-corrected chi connectivity index (χ2v) is 7.03. The van der Waals surface area contributed by atoms with Crippen molar-refractivity contribution in [3.63, 3.8) is 0 Å². The van der Waals surface area contributed by atoms with Gasteiger partial charge in [-0.2, -0.15) is 0 Å². The van der Waals surface area contributed by atoms with E-state index in [-0.39, 0.29) is 17.7 Å². The van der Waals surface area contributed by atoms with Crippen LogP contribution in [-0.4, -0.2) is 36.4 Å². The monoisotopic (exact) mass is 386 g/mol. The van der Waals surface area contributed by atoms with Crippen LogP contribution in [0.2, 0.25) is 5.02 Å². The van der Waals surface area contributed by atoms with Crippen LogP contribution in [0, 0.1) is 5.92 Å². The number of amides is 2. The maximum atomic E-state index is 12.4. The Morgan fingerprint density at radius 1 is 1.15 bits per heavy atom. The number of benzene rings is 2. The number of halogens is 1. The first-order valence-corrected chi connectivity index (χ1v) is 9.47. The SMILES string of the molecule is O=C(NCCOc1ccccc1)[C@H]1CCC(=O)N(Cc2ccc(Cl)cc2)C1. The summed E-state index contributed by atoms with van der Waals surface area (Å²) >= 11 is 5.90. The second kappa shape index (κ2) is 9.42. The van der Waals surface area contributed by atoms with Crippen molar-refractivity contribution in [3.05, 3.63) is 65.2 Å². The van der Waals surface area contributed by atoms with Crippen LogP contribution >= 0.6 is 11.6 Å². The predicted molar refractivity (Wildman–Crippen MR) is 105 cm³/mol. The zero-order chi connectivity index (χ0) is 19.1. The summed E-state index contributed by atoms with van der Waals surface area (Å²) in [6.07, 6.45) is 0.980. The van der Waals surface area contributed by atoms with Gasteiger partial charge in [-0.05, 0) is 36.2 Å². The Labute approximate surface area is 164 Å². The van der Waals surface area contributed by atoms with E-state index in [1.165, 1.54) is 0 Å². The number of nitrogens with one attached hydrogen (secondary N) is 1. The van der Waals surface area contributed by atoms with E-state index in [0.717, 1.165) is 11.3 Å². The summed E-state index contributed by atoms with van der Waals surface area (Å²) in [4.78, 5) is 26.4. The molecule has 0 aliphatic carbocycles. The minimum absolute atomic E-state index is 0.0275. The second-order valence-electron chi connectivity index (χ2n) is 6.59. The first-order valence-electron chi connectivity index (χ1n) is 9.09. The molecule has 0 spiro atoms. The molecule has 2 amide bonds. The summed E-state index contributed by atoms with van der Waals surface area (Å²) in [5, 5.41) is 3.58. The van der Waals surface area contributed by atoms with Gasteiger partial charge in [0.1, 0.15) is 12.4 Å². The van der Waals surface area contributed by atoms with Gasteiger partial charge in [0.25, 0.3) is 0 Å². The summed E-state index contributed by atoms with van der Waals surface area (Å²) in [7, 11) is 0. The number of hydrogen-bond acceptors (Lipinski definition) is 3. The molecule has 0 radical (unpaired) electrons. The molecule has 1 heterocycles. The lowest BCUT2D eigenvalue weighted by Gasteiger charge is -2.32. The van der Waals surface area contributed by atoms with Gasteiger partial charge in [-0.1, -0.05) is 41.9 Å². The third-order valence-electron chi connectivity index (χ3n) is 4.57. The van der Waals surface area contributed by atoms with Gasteiger partial charge in [0, 0.05) is 24.5 Å². The lowest BCUT2D eigenvalue weighted by Crippen LogP contribution is -2.45. The lowest BCUT2D eigenvalue weighted by molar-refractivity contribution is -0.138. The van der Waals surface area contributed by atoms with Crippen molar-refractivity contribution >= 4 is 23.4 Å². The van der Waals surface area contributed by atoms with Gasteiger partial charge in [0.15, 0.2) is 0 Å². The number of carbonyl (C=O) groups excluding carboxylic acids is 2. The van der Waals surface area contributed by atoms with Crippen molar-refractivity contribution in [1.82, 2.24) is 10.2 Å². The summed E-state index contributed by atoms with van der Waals surface area (Å²) in [5.41, 5.74) is 1.00. The molecule has 2 aromatic rings. The van der Waals surface area contributed by atoms with Crippen molar-refractivity contribution in [2.75, 3.05) is 19.7 Å². The number of nitrogens with zero attached hydrogens (tertiary/aromatic N) is 1. The van der Waals surface area contributed by atoms with E-state index in [1.807, 2.05) is 54.6 Å². The Bertz CT molecular complexity index is 765. The highest BCUT2D eigenvalue weighted by molar-refractivity contribution is 6.30. The van der Waals surface area contributed by atoms with E-state index in [0.29, 0.717) is 44.1 Å². The molecule has 1 fully saturated rings. The van der Waals surface area contributed by atoms with Gasteiger partial charge in [0.2, 0.25) is 11.8 Å². The summed E-state index contributed by atoms with van der Waals surface area (Å²) in [5.74, 6) is 0.651. The van der Waals surface area contributed by atoms with Crippen LogP contribution in [0.5, 0.6) is 5.75 Å². The average Bonchev–Trinajstić information content (AvgIpc) is 2.69. The molecule has 2 aromatic carbocycles. The quantitative estimate of drug-likeness (QED) is 0.743. The fraction of sp³-hybridized carbons (Fsp3) is 0.333. The van der Waals surface area contributed by atoms with E-state index in [1.54, 1.807) is 4.90 Å². The first kappa shape index (κ1) is 19.2. The fourth-order valence-electron chi connectivity index (χ4n) is 3.10. The van der Waals surface area contributed by atoms with Gasteiger partial charge in [-0.25, -0.2) is 0 Å². The van der Waals surface area contributed by atoms with Crippen molar-refractivity contribution in [1.29, 1.82) is 0 Å². The number of carbonyl (C=O) groups is 2. The van der Waals surface area contributed by atoms with Crippen molar-refractivity contribution < 1.29 is 14.3 Å². The maximum absolute atomic E-state index is 12.4. The molecule has 1 aliphatic rings. The molecule has 1 N–H and O–H groups in total. The van der Waals surface area contributed by atoms with E-state index in [2.05, 4.69) is 5.32 Å². The largest absolute Gasteiger partial charge is 0.492 e. The smallest absolute Gasteiger partial charge is 0.225 e. The molecule has 0 aromatic heterocycles. The van der Waals surface area contributed by atoms with Crippen LogP contribution in [-0.2, 0) is 16.1 Å². The molecule has 1 saturated heterocycles. The Balaban J connectivity index is 1.45. The van der Waals surface area contributed by atoms with Crippen molar-refractivity contribution in [2.24, 2.45) is 5.92 Å². The van der Waals surface area contributed by atoms with Gasteiger partial charge in [0.05, 0.1) is 12.5 Å². The van der Waals surface area contributed by atoms with Crippen molar-refractivity contribution in [2.45, 2.75) is 19.4 Å². The van der Waals surface area contributed by atoms with Crippen LogP contribution in [0.1, 0.15) is 18.4 Å². The molecule has 1 atom stereocenters. The van der Waals surface area contributed by atoms with Crippen molar-refractivity contribution in [3.8, 4) is 5.75 Å². The Hall–Kier alpha value is -2.53. The van der Waals surface area contributed by atoms with Gasteiger partial charge in [-0.3, -0.25) is 9.59 Å². The average molecular weight is 387 g/mol. The fourth-order valence-corrected chi connectivity index (χ4v) is 3.22. The summed E-state index contributed by atoms with van der Waals surface area (Å²) in [6, 6.07) is 16.9. The molecular weight excluding hydrogens is 364 g/mol. The Kier molecular flexibility index (Phi) is 6.71. The molecule has 5 nitrogen and oxygen atoms in total. The molecule has 142 valence electrons.